The van der Waals surface area contributed by atoms with E-state index in [2.05, 4.69) is 16.1 Å². The molecule has 1 heterocycles. The van der Waals surface area contributed by atoms with E-state index in [0.29, 0.717) is 25.1 Å². The van der Waals surface area contributed by atoms with Crippen molar-refractivity contribution in [2.24, 2.45) is 5.73 Å². The highest BCUT2D eigenvalue weighted by atomic mass is 16.2. The lowest BCUT2D eigenvalue weighted by Gasteiger charge is -2.27. The summed E-state index contributed by atoms with van der Waals surface area (Å²) in [7, 11) is 3.49. The smallest absolute Gasteiger partial charge is 0.333 e. The molecule has 9 heteroatoms. The van der Waals surface area contributed by atoms with Crippen molar-refractivity contribution >= 4 is 29.2 Å². The molecule has 0 radical (unpaired) electrons. The molecule has 0 aromatic heterocycles. The van der Waals surface area contributed by atoms with Crippen molar-refractivity contribution in [3.63, 3.8) is 0 Å². The molecule has 1 atom stereocenters. The third-order valence-corrected chi connectivity index (χ3v) is 6.61. The Balaban J connectivity index is 1.55. The molecule has 210 valence electrons. The minimum Gasteiger partial charge on any atom is -0.344 e. The van der Waals surface area contributed by atoms with Gasteiger partial charge in [-0.1, -0.05) is 60.7 Å². The van der Waals surface area contributed by atoms with Gasteiger partial charge in [0.15, 0.2) is 0 Å². The highest BCUT2D eigenvalue weighted by Crippen LogP contribution is 2.31. The molecule has 0 saturated carbocycles. The van der Waals surface area contributed by atoms with Crippen LogP contribution in [0.15, 0.2) is 72.8 Å². The van der Waals surface area contributed by atoms with E-state index in [1.165, 1.54) is 0 Å². The second kappa shape index (κ2) is 12.3. The number of carbonyl (C=O) groups excluding carboxylic acids is 3. The molecule has 0 unspecified atom stereocenters. The molecule has 0 fully saturated rings. The minimum atomic E-state index is -0.660. The number of hydrogen-bond donors (Lipinski definition) is 4. The normalized spacial score (nSPS) is 15.3. The molecule has 0 saturated heterocycles. The number of nitrogens with one attached hydrogen (secondary N) is 3. The van der Waals surface area contributed by atoms with E-state index in [0.717, 1.165) is 27.9 Å². The molecular weight excluding hydrogens is 504 g/mol. The van der Waals surface area contributed by atoms with Crippen molar-refractivity contribution < 1.29 is 14.4 Å². The molecule has 9 nitrogen and oxygen atoms in total. The number of nitrogens with two attached hydrogens (primary N) is 1. The van der Waals surface area contributed by atoms with E-state index in [-0.39, 0.29) is 24.3 Å². The second-order valence-corrected chi connectivity index (χ2v) is 11.1. The molecule has 4 rings (SSSR count). The Morgan fingerprint density at radius 3 is 2.38 bits per heavy atom. The lowest BCUT2D eigenvalue weighted by Crippen LogP contribution is -2.49. The number of nitrogens with zero attached hydrogens (tertiary/aromatic N) is 2. The van der Waals surface area contributed by atoms with E-state index in [4.69, 9.17) is 5.73 Å². The Morgan fingerprint density at radius 1 is 1.00 bits per heavy atom. The third-order valence-electron chi connectivity index (χ3n) is 6.61. The lowest BCUT2D eigenvalue weighted by molar-refractivity contribution is -0.128. The van der Waals surface area contributed by atoms with Gasteiger partial charge < -0.3 is 21.3 Å². The Bertz CT molecular complexity index is 1360. The Morgan fingerprint density at radius 2 is 1.68 bits per heavy atom. The topological polar surface area (TPSA) is 120 Å². The van der Waals surface area contributed by atoms with Gasteiger partial charge in [0.05, 0.1) is 12.2 Å². The average molecular weight is 543 g/mol. The molecule has 3 aromatic carbocycles. The van der Waals surface area contributed by atoms with Gasteiger partial charge in [-0.3, -0.25) is 15.0 Å². The summed E-state index contributed by atoms with van der Waals surface area (Å²) in [5, 5.41) is 7.39. The molecule has 1 aliphatic heterocycles. The quantitative estimate of drug-likeness (QED) is 0.320. The molecule has 0 bridgehead atoms. The number of fused-ring (bicyclic) bond motifs is 1. The first-order valence-electron chi connectivity index (χ1n) is 13.4. The molecular formula is C31H38N6O3. The molecule has 3 aromatic rings. The summed E-state index contributed by atoms with van der Waals surface area (Å²) in [4.78, 5) is 40.4. The van der Waals surface area contributed by atoms with Crippen molar-refractivity contribution in [3.8, 4) is 11.1 Å². The zero-order valence-electron chi connectivity index (χ0n) is 23.5. The molecule has 0 spiro atoms. The Labute approximate surface area is 235 Å². The minimum absolute atomic E-state index is 0.137. The lowest BCUT2D eigenvalue weighted by atomic mass is 10.0. The number of anilines is 2. The summed E-state index contributed by atoms with van der Waals surface area (Å²) in [5.74, 6) is -0.369. The largest absolute Gasteiger partial charge is 0.344 e. The van der Waals surface area contributed by atoms with Crippen molar-refractivity contribution in [3.05, 3.63) is 83.9 Å². The number of para-hydroxylation sites is 2. The maximum atomic E-state index is 13.8. The van der Waals surface area contributed by atoms with Crippen molar-refractivity contribution in [1.29, 1.82) is 0 Å². The summed E-state index contributed by atoms with van der Waals surface area (Å²) < 4.78 is 0. The highest BCUT2D eigenvalue weighted by Gasteiger charge is 2.32. The van der Waals surface area contributed by atoms with Gasteiger partial charge in [-0.25, -0.2) is 9.80 Å². The molecule has 4 amide bonds. The predicted octanol–water partition coefficient (Wildman–Crippen LogP) is 4.04. The number of amides is 4. The van der Waals surface area contributed by atoms with Gasteiger partial charge in [0.2, 0.25) is 11.8 Å². The number of rotatable bonds is 8. The highest BCUT2D eigenvalue weighted by molar-refractivity contribution is 6.00. The first-order valence-corrected chi connectivity index (χ1v) is 13.4. The van der Waals surface area contributed by atoms with Gasteiger partial charge in [0.1, 0.15) is 6.04 Å². The van der Waals surface area contributed by atoms with E-state index in [9.17, 15) is 14.4 Å². The second-order valence-electron chi connectivity index (χ2n) is 11.1. The van der Waals surface area contributed by atoms with Crippen LogP contribution in [0.5, 0.6) is 0 Å². The summed E-state index contributed by atoms with van der Waals surface area (Å²) in [6.45, 7) is 3.94. The predicted molar refractivity (Wildman–Crippen MR) is 158 cm³/mol. The van der Waals surface area contributed by atoms with E-state index >= 15 is 0 Å². The Hall–Kier alpha value is -4.21. The number of hydrogen-bond acceptors (Lipinski definition) is 5. The zero-order chi connectivity index (χ0) is 28.9. The fraction of sp³-hybridized carbons (Fsp3) is 0.323. The fourth-order valence-corrected chi connectivity index (χ4v) is 4.84. The van der Waals surface area contributed by atoms with Crippen LogP contribution in [0.1, 0.15) is 37.8 Å². The van der Waals surface area contributed by atoms with Gasteiger partial charge in [0, 0.05) is 37.3 Å². The maximum Gasteiger partial charge on any atom is 0.333 e. The summed E-state index contributed by atoms with van der Waals surface area (Å²) in [5.41, 5.74) is 13.4. The van der Waals surface area contributed by atoms with E-state index in [1.807, 2.05) is 72.8 Å². The van der Waals surface area contributed by atoms with Crippen LogP contribution in [-0.4, -0.2) is 48.5 Å². The number of aryl methyl sites for hydroxylation is 1. The molecule has 5 N–H and O–H groups in total. The molecule has 40 heavy (non-hydrogen) atoms. The van der Waals surface area contributed by atoms with Gasteiger partial charge >= 0.3 is 6.03 Å². The standard InChI is InChI=1S/C31H38N6O3/c1-31(2,32)19-28(38)33-26-18-17-23-9-5-8-12-27(23)37(29(26)39)20-21-13-15-22(16-14-21)24-10-6-7-11-25(24)34-30(40)35-36(3)4/h5-16,26H,17-20,32H2,1-4H3,(H,33,38)(H2,34,35,40)/t26-/m1/s1. The van der Waals surface area contributed by atoms with Crippen LogP contribution < -0.4 is 26.7 Å². The summed E-state index contributed by atoms with van der Waals surface area (Å²) in [6, 6.07) is 22.4. The summed E-state index contributed by atoms with van der Waals surface area (Å²) >= 11 is 0. The molecule has 0 aliphatic carbocycles. The van der Waals surface area contributed by atoms with E-state index in [1.54, 1.807) is 37.9 Å². The van der Waals surface area contributed by atoms with Crippen LogP contribution in [0.4, 0.5) is 16.2 Å². The Kier molecular flexibility index (Phi) is 8.86. The first-order chi connectivity index (χ1) is 19.0. The van der Waals surface area contributed by atoms with Crippen LogP contribution in [0, 0.1) is 0 Å². The van der Waals surface area contributed by atoms with Crippen LogP contribution in [0.3, 0.4) is 0 Å². The zero-order valence-corrected chi connectivity index (χ0v) is 23.5. The van der Waals surface area contributed by atoms with Crippen molar-refractivity contribution in [2.75, 3.05) is 24.3 Å². The van der Waals surface area contributed by atoms with E-state index < -0.39 is 11.6 Å². The maximum absolute atomic E-state index is 13.8. The van der Waals surface area contributed by atoms with Gasteiger partial charge in [-0.15, -0.1) is 0 Å². The van der Waals surface area contributed by atoms with Crippen molar-refractivity contribution in [1.82, 2.24) is 15.8 Å². The van der Waals surface area contributed by atoms with Crippen LogP contribution in [0.25, 0.3) is 11.1 Å². The first kappa shape index (κ1) is 28.8. The van der Waals surface area contributed by atoms with Crippen LogP contribution in [-0.2, 0) is 22.6 Å². The molecule has 1 aliphatic rings. The van der Waals surface area contributed by atoms with Crippen LogP contribution in [0.2, 0.25) is 0 Å². The third kappa shape index (κ3) is 7.46. The van der Waals surface area contributed by atoms with Gasteiger partial charge in [-0.05, 0) is 55.5 Å². The number of carbonyl (C=O) groups is 3. The number of urea groups is 1. The summed E-state index contributed by atoms with van der Waals surface area (Å²) in [6.07, 6.45) is 1.34. The average Bonchev–Trinajstić information content (AvgIpc) is 3.00. The van der Waals surface area contributed by atoms with Gasteiger partial charge in [0.25, 0.3) is 0 Å². The van der Waals surface area contributed by atoms with Gasteiger partial charge in [-0.2, -0.15) is 0 Å². The number of hydrazine groups is 1. The fourth-order valence-electron chi connectivity index (χ4n) is 4.84. The van der Waals surface area contributed by atoms with Crippen LogP contribution >= 0.6 is 0 Å². The SMILES string of the molecule is CN(C)NC(=O)Nc1ccccc1-c1ccc(CN2C(=O)[C@H](NC(=O)CC(C)(C)N)CCc3ccccc32)cc1. The van der Waals surface area contributed by atoms with Crippen molar-refractivity contribution in [2.45, 2.75) is 51.2 Å². The number of benzene rings is 3. The monoisotopic (exact) mass is 542 g/mol.